The lowest BCUT2D eigenvalue weighted by atomic mass is 10.0. The summed E-state index contributed by atoms with van der Waals surface area (Å²) in [5, 5.41) is 10.7. The molecule has 4 nitrogen and oxygen atoms in total. The van der Waals surface area contributed by atoms with Crippen molar-refractivity contribution in [2.45, 2.75) is 37.9 Å². The molecule has 0 bridgehead atoms. The van der Waals surface area contributed by atoms with E-state index in [2.05, 4.69) is 0 Å². The predicted octanol–water partition coefficient (Wildman–Crippen LogP) is 1.50. The Kier molecular flexibility index (Phi) is 5.04. The van der Waals surface area contributed by atoms with Gasteiger partial charge in [0.05, 0.1) is 0 Å². The number of aliphatic hydroxyl groups is 1. The molecule has 100 valence electrons. The van der Waals surface area contributed by atoms with Crippen molar-refractivity contribution >= 4 is 6.03 Å². The SMILES string of the molecule is O=C(NCC(F)(F)F)N1CCCCC1CCO. The van der Waals surface area contributed by atoms with Crippen molar-refractivity contribution < 1.29 is 23.1 Å². The van der Waals surface area contributed by atoms with Crippen LogP contribution in [-0.2, 0) is 0 Å². The van der Waals surface area contributed by atoms with Gasteiger partial charge in [-0.05, 0) is 25.7 Å². The minimum absolute atomic E-state index is 0.0618. The van der Waals surface area contributed by atoms with Crippen LogP contribution in [0.3, 0.4) is 0 Å². The Bertz CT molecular complexity index is 256. The molecule has 1 saturated heterocycles. The highest BCUT2D eigenvalue weighted by Crippen LogP contribution is 2.20. The number of piperidine rings is 1. The number of aliphatic hydroxyl groups excluding tert-OH is 1. The molecule has 1 fully saturated rings. The molecule has 1 aliphatic heterocycles. The summed E-state index contributed by atoms with van der Waals surface area (Å²) in [5.74, 6) is 0. The van der Waals surface area contributed by atoms with Crippen LogP contribution in [0.1, 0.15) is 25.7 Å². The van der Waals surface area contributed by atoms with Crippen molar-refractivity contribution in [2.24, 2.45) is 0 Å². The third-order valence-electron chi connectivity index (χ3n) is 2.79. The zero-order chi connectivity index (χ0) is 12.9. The van der Waals surface area contributed by atoms with Crippen LogP contribution in [-0.4, -0.2) is 48.0 Å². The van der Waals surface area contributed by atoms with Crippen LogP contribution < -0.4 is 5.32 Å². The number of nitrogens with zero attached hydrogens (tertiary/aromatic N) is 1. The summed E-state index contributed by atoms with van der Waals surface area (Å²) in [4.78, 5) is 13.0. The van der Waals surface area contributed by atoms with Gasteiger partial charge in [0.1, 0.15) is 6.54 Å². The first-order valence-corrected chi connectivity index (χ1v) is 5.66. The van der Waals surface area contributed by atoms with Crippen molar-refractivity contribution in [2.75, 3.05) is 19.7 Å². The van der Waals surface area contributed by atoms with E-state index in [0.717, 1.165) is 19.3 Å². The van der Waals surface area contributed by atoms with Crippen molar-refractivity contribution in [1.29, 1.82) is 0 Å². The maximum absolute atomic E-state index is 12.0. The van der Waals surface area contributed by atoms with E-state index in [9.17, 15) is 18.0 Å². The molecule has 0 saturated carbocycles. The number of nitrogens with one attached hydrogen (secondary N) is 1. The fraction of sp³-hybridized carbons (Fsp3) is 0.900. The lowest BCUT2D eigenvalue weighted by molar-refractivity contribution is -0.123. The molecule has 2 N–H and O–H groups in total. The lowest BCUT2D eigenvalue weighted by Gasteiger charge is -2.35. The van der Waals surface area contributed by atoms with Crippen LogP contribution in [0.25, 0.3) is 0 Å². The topological polar surface area (TPSA) is 52.6 Å². The van der Waals surface area contributed by atoms with E-state index in [4.69, 9.17) is 5.11 Å². The number of urea groups is 1. The van der Waals surface area contributed by atoms with Gasteiger partial charge in [0, 0.05) is 19.2 Å². The quantitative estimate of drug-likeness (QED) is 0.801. The van der Waals surface area contributed by atoms with Gasteiger partial charge in [-0.15, -0.1) is 0 Å². The van der Waals surface area contributed by atoms with Crippen LogP contribution in [0.5, 0.6) is 0 Å². The third-order valence-corrected chi connectivity index (χ3v) is 2.79. The van der Waals surface area contributed by atoms with Gasteiger partial charge in [-0.1, -0.05) is 0 Å². The minimum atomic E-state index is -4.39. The molecule has 0 aromatic rings. The second kappa shape index (κ2) is 6.09. The van der Waals surface area contributed by atoms with E-state index in [1.54, 1.807) is 0 Å². The van der Waals surface area contributed by atoms with Gasteiger partial charge in [0.25, 0.3) is 0 Å². The number of hydrogen-bond acceptors (Lipinski definition) is 2. The molecule has 1 rings (SSSR count). The normalized spacial score (nSPS) is 21.4. The van der Waals surface area contributed by atoms with Crippen molar-refractivity contribution in [3.63, 3.8) is 0 Å². The van der Waals surface area contributed by atoms with Gasteiger partial charge in [-0.2, -0.15) is 13.2 Å². The first-order valence-electron chi connectivity index (χ1n) is 5.66. The fourth-order valence-corrected chi connectivity index (χ4v) is 1.99. The summed E-state index contributed by atoms with van der Waals surface area (Å²) in [6.07, 6.45) is -1.51. The molecule has 0 aromatic carbocycles. The van der Waals surface area contributed by atoms with Crippen molar-refractivity contribution in [3.8, 4) is 0 Å². The highest BCUT2D eigenvalue weighted by Gasteiger charge is 2.31. The van der Waals surface area contributed by atoms with Gasteiger partial charge in [0.15, 0.2) is 0 Å². The highest BCUT2D eigenvalue weighted by atomic mass is 19.4. The van der Waals surface area contributed by atoms with E-state index in [1.807, 2.05) is 5.32 Å². The van der Waals surface area contributed by atoms with Crippen LogP contribution in [0, 0.1) is 0 Å². The van der Waals surface area contributed by atoms with Gasteiger partial charge in [-0.25, -0.2) is 4.79 Å². The largest absolute Gasteiger partial charge is 0.405 e. The molecule has 1 heterocycles. The molecule has 17 heavy (non-hydrogen) atoms. The van der Waals surface area contributed by atoms with E-state index in [-0.39, 0.29) is 12.6 Å². The summed E-state index contributed by atoms with van der Waals surface area (Å²) in [6, 6.07) is -0.845. The number of carbonyl (C=O) groups excluding carboxylic acids is 1. The molecule has 0 aromatic heterocycles. The van der Waals surface area contributed by atoms with Gasteiger partial charge in [0.2, 0.25) is 0 Å². The first kappa shape index (κ1) is 14.1. The smallest absolute Gasteiger partial charge is 0.396 e. The Hall–Kier alpha value is -0.980. The Morgan fingerprint density at radius 1 is 1.41 bits per heavy atom. The number of likely N-dealkylation sites (tertiary alicyclic amines) is 1. The number of hydrogen-bond donors (Lipinski definition) is 2. The lowest BCUT2D eigenvalue weighted by Crippen LogP contribution is -2.50. The first-order chi connectivity index (χ1) is 7.94. The summed E-state index contributed by atoms with van der Waals surface area (Å²) < 4.78 is 35.9. The monoisotopic (exact) mass is 254 g/mol. The summed E-state index contributed by atoms with van der Waals surface area (Å²) >= 11 is 0. The Morgan fingerprint density at radius 2 is 2.12 bits per heavy atom. The summed E-state index contributed by atoms with van der Waals surface area (Å²) in [7, 11) is 0. The molecule has 1 atom stereocenters. The molecule has 7 heteroatoms. The predicted molar refractivity (Wildman–Crippen MR) is 55.5 cm³/mol. The number of carbonyl (C=O) groups is 1. The molecule has 0 radical (unpaired) electrons. The molecule has 1 aliphatic rings. The van der Waals surface area contributed by atoms with E-state index in [0.29, 0.717) is 13.0 Å². The second-order valence-electron chi connectivity index (χ2n) is 4.13. The molecular formula is C10H17F3N2O2. The van der Waals surface area contributed by atoms with E-state index < -0.39 is 18.8 Å². The van der Waals surface area contributed by atoms with Crippen LogP contribution in [0.2, 0.25) is 0 Å². The zero-order valence-corrected chi connectivity index (χ0v) is 9.46. The number of halogens is 3. The van der Waals surface area contributed by atoms with Crippen LogP contribution in [0.4, 0.5) is 18.0 Å². The van der Waals surface area contributed by atoms with Gasteiger partial charge >= 0.3 is 12.2 Å². The van der Waals surface area contributed by atoms with E-state index >= 15 is 0 Å². The number of rotatable bonds is 3. The van der Waals surface area contributed by atoms with E-state index in [1.165, 1.54) is 4.90 Å². The van der Waals surface area contributed by atoms with Crippen LogP contribution >= 0.6 is 0 Å². The van der Waals surface area contributed by atoms with Gasteiger partial charge < -0.3 is 15.3 Å². The number of alkyl halides is 3. The minimum Gasteiger partial charge on any atom is -0.396 e. The standard InChI is InChI=1S/C10H17F3N2O2/c11-10(12,13)7-14-9(17)15-5-2-1-3-8(15)4-6-16/h8,16H,1-7H2,(H,14,17). The third kappa shape index (κ3) is 4.80. The Morgan fingerprint density at radius 3 is 2.71 bits per heavy atom. The Labute approximate surface area is 97.8 Å². The molecule has 2 amide bonds. The maximum atomic E-state index is 12.0. The average Bonchev–Trinajstić information content (AvgIpc) is 2.26. The van der Waals surface area contributed by atoms with Crippen LogP contribution in [0.15, 0.2) is 0 Å². The summed E-state index contributed by atoms with van der Waals surface area (Å²) in [6.45, 7) is -0.920. The van der Waals surface area contributed by atoms with Crippen molar-refractivity contribution in [3.05, 3.63) is 0 Å². The fourth-order valence-electron chi connectivity index (χ4n) is 1.99. The van der Waals surface area contributed by atoms with Gasteiger partial charge in [-0.3, -0.25) is 0 Å². The number of amides is 2. The molecule has 1 unspecified atom stereocenters. The summed E-state index contributed by atoms with van der Waals surface area (Å²) in [5.41, 5.74) is 0. The second-order valence-corrected chi connectivity index (χ2v) is 4.13. The highest BCUT2D eigenvalue weighted by molar-refractivity contribution is 5.74. The maximum Gasteiger partial charge on any atom is 0.405 e. The van der Waals surface area contributed by atoms with Crippen molar-refractivity contribution in [1.82, 2.24) is 10.2 Å². The zero-order valence-electron chi connectivity index (χ0n) is 9.46. The average molecular weight is 254 g/mol. The molecule has 0 aliphatic carbocycles. The molecule has 0 spiro atoms. The Balaban J connectivity index is 2.47. The molecular weight excluding hydrogens is 237 g/mol.